The van der Waals surface area contributed by atoms with Gasteiger partial charge in [-0.1, -0.05) is 6.92 Å². The van der Waals surface area contributed by atoms with Crippen molar-refractivity contribution in [1.82, 2.24) is 0 Å². The molecule has 1 rings (SSSR count). The Bertz CT molecular complexity index is 395. The molecule has 1 aromatic rings. The molecular weight excluding hydrogens is 225 g/mol. The molecule has 0 aromatic heterocycles. The monoisotopic (exact) mass is 241 g/mol. The standard InChI is InChI=1S/C12H16FNO3/c1-3-8(2)17-7-12(16)14-11-5-4-9(15)6-10(11)13/h4-6,8,15H,3,7H2,1-2H3,(H,14,16). The Morgan fingerprint density at radius 2 is 2.29 bits per heavy atom. The molecule has 0 aliphatic heterocycles. The van der Waals surface area contributed by atoms with E-state index in [1.54, 1.807) is 0 Å². The van der Waals surface area contributed by atoms with Crippen LogP contribution >= 0.6 is 0 Å². The summed E-state index contributed by atoms with van der Waals surface area (Å²) in [5.41, 5.74) is 0.0283. The summed E-state index contributed by atoms with van der Waals surface area (Å²) in [6.45, 7) is 3.69. The van der Waals surface area contributed by atoms with Crippen LogP contribution in [0.15, 0.2) is 18.2 Å². The number of carbonyl (C=O) groups is 1. The zero-order valence-corrected chi connectivity index (χ0v) is 9.87. The van der Waals surface area contributed by atoms with E-state index in [0.717, 1.165) is 12.5 Å². The van der Waals surface area contributed by atoms with Crippen LogP contribution in [0.1, 0.15) is 20.3 Å². The molecule has 94 valence electrons. The Morgan fingerprint density at radius 1 is 1.59 bits per heavy atom. The van der Waals surface area contributed by atoms with Crippen molar-refractivity contribution < 1.29 is 19.0 Å². The van der Waals surface area contributed by atoms with Crippen molar-refractivity contribution in [2.75, 3.05) is 11.9 Å². The lowest BCUT2D eigenvalue weighted by molar-refractivity contribution is -0.122. The fourth-order valence-corrected chi connectivity index (χ4v) is 1.13. The number of carbonyl (C=O) groups excluding carboxylic acids is 1. The third-order valence-electron chi connectivity index (χ3n) is 2.30. The number of hydrogen-bond donors (Lipinski definition) is 2. The normalized spacial score (nSPS) is 12.2. The molecule has 4 nitrogen and oxygen atoms in total. The number of rotatable bonds is 5. The van der Waals surface area contributed by atoms with E-state index in [1.807, 2.05) is 13.8 Å². The summed E-state index contributed by atoms with van der Waals surface area (Å²) >= 11 is 0. The zero-order chi connectivity index (χ0) is 12.8. The average Bonchev–Trinajstić information content (AvgIpc) is 2.29. The number of aromatic hydroxyl groups is 1. The Labute approximate surface area is 99.4 Å². The van der Waals surface area contributed by atoms with Gasteiger partial charge in [-0.05, 0) is 25.5 Å². The second-order valence-electron chi connectivity index (χ2n) is 3.74. The topological polar surface area (TPSA) is 58.6 Å². The predicted molar refractivity (Wildman–Crippen MR) is 62.4 cm³/mol. The molecular formula is C12H16FNO3. The second-order valence-corrected chi connectivity index (χ2v) is 3.74. The Balaban J connectivity index is 2.50. The van der Waals surface area contributed by atoms with Crippen LogP contribution in [0.2, 0.25) is 0 Å². The molecule has 0 radical (unpaired) electrons. The molecule has 0 spiro atoms. The van der Waals surface area contributed by atoms with Crippen molar-refractivity contribution in [3.63, 3.8) is 0 Å². The van der Waals surface area contributed by atoms with Crippen LogP contribution < -0.4 is 5.32 Å². The van der Waals surface area contributed by atoms with Gasteiger partial charge in [-0.25, -0.2) is 4.39 Å². The minimum Gasteiger partial charge on any atom is -0.508 e. The molecule has 0 bridgehead atoms. The SMILES string of the molecule is CCC(C)OCC(=O)Nc1ccc(O)cc1F. The number of phenols is 1. The molecule has 1 unspecified atom stereocenters. The minimum atomic E-state index is -0.679. The van der Waals surface area contributed by atoms with Crippen molar-refractivity contribution in [2.45, 2.75) is 26.4 Å². The molecule has 1 amide bonds. The number of ether oxygens (including phenoxy) is 1. The number of phenolic OH excluding ortho intramolecular Hbond substituents is 1. The lowest BCUT2D eigenvalue weighted by atomic mass is 10.3. The number of halogens is 1. The van der Waals surface area contributed by atoms with E-state index in [2.05, 4.69) is 5.32 Å². The molecule has 0 heterocycles. The quantitative estimate of drug-likeness (QED) is 0.777. The Kier molecular flexibility index (Phi) is 4.90. The van der Waals surface area contributed by atoms with Crippen LogP contribution in [0.25, 0.3) is 0 Å². The Hall–Kier alpha value is -1.62. The van der Waals surface area contributed by atoms with Crippen LogP contribution in [0.5, 0.6) is 5.75 Å². The molecule has 1 atom stereocenters. The van der Waals surface area contributed by atoms with Gasteiger partial charge >= 0.3 is 0 Å². The maximum atomic E-state index is 13.3. The molecule has 0 aliphatic carbocycles. The molecule has 2 N–H and O–H groups in total. The first-order valence-corrected chi connectivity index (χ1v) is 5.43. The van der Waals surface area contributed by atoms with E-state index >= 15 is 0 Å². The summed E-state index contributed by atoms with van der Waals surface area (Å²) in [4.78, 5) is 11.4. The van der Waals surface area contributed by atoms with Crippen LogP contribution in [0.4, 0.5) is 10.1 Å². The van der Waals surface area contributed by atoms with Gasteiger partial charge in [0, 0.05) is 6.07 Å². The number of nitrogens with one attached hydrogen (secondary N) is 1. The smallest absolute Gasteiger partial charge is 0.250 e. The first-order chi connectivity index (χ1) is 8.02. The molecule has 0 saturated heterocycles. The highest BCUT2D eigenvalue weighted by Gasteiger charge is 2.09. The first-order valence-electron chi connectivity index (χ1n) is 5.43. The van der Waals surface area contributed by atoms with E-state index < -0.39 is 11.7 Å². The van der Waals surface area contributed by atoms with E-state index in [9.17, 15) is 9.18 Å². The highest BCUT2D eigenvalue weighted by molar-refractivity contribution is 5.91. The van der Waals surface area contributed by atoms with E-state index in [0.29, 0.717) is 0 Å². The fraction of sp³-hybridized carbons (Fsp3) is 0.417. The van der Waals surface area contributed by atoms with Crippen LogP contribution in [-0.2, 0) is 9.53 Å². The number of amides is 1. The highest BCUT2D eigenvalue weighted by atomic mass is 19.1. The van der Waals surface area contributed by atoms with Gasteiger partial charge in [0.1, 0.15) is 18.2 Å². The van der Waals surface area contributed by atoms with Gasteiger partial charge in [0.2, 0.25) is 5.91 Å². The minimum absolute atomic E-state index is 0.00888. The van der Waals surface area contributed by atoms with Crippen LogP contribution in [-0.4, -0.2) is 23.7 Å². The third-order valence-corrected chi connectivity index (χ3v) is 2.30. The van der Waals surface area contributed by atoms with Crippen molar-refractivity contribution in [3.05, 3.63) is 24.0 Å². The lowest BCUT2D eigenvalue weighted by Crippen LogP contribution is -2.22. The predicted octanol–water partition coefficient (Wildman–Crippen LogP) is 2.28. The molecule has 1 aromatic carbocycles. The molecule has 5 heteroatoms. The van der Waals surface area contributed by atoms with Gasteiger partial charge in [-0.3, -0.25) is 4.79 Å². The number of anilines is 1. The Morgan fingerprint density at radius 3 is 2.88 bits per heavy atom. The molecule has 0 saturated carbocycles. The molecule has 0 aliphatic rings. The van der Waals surface area contributed by atoms with Crippen molar-refractivity contribution in [1.29, 1.82) is 0 Å². The number of hydrogen-bond acceptors (Lipinski definition) is 3. The maximum absolute atomic E-state index is 13.3. The first kappa shape index (κ1) is 13.4. The largest absolute Gasteiger partial charge is 0.508 e. The number of benzene rings is 1. The van der Waals surface area contributed by atoms with Gasteiger partial charge < -0.3 is 15.2 Å². The van der Waals surface area contributed by atoms with E-state index in [1.165, 1.54) is 12.1 Å². The highest BCUT2D eigenvalue weighted by Crippen LogP contribution is 2.19. The summed E-state index contributed by atoms with van der Waals surface area (Å²) in [5.74, 6) is -1.28. The summed E-state index contributed by atoms with van der Waals surface area (Å²) in [6, 6.07) is 3.53. The van der Waals surface area contributed by atoms with E-state index in [-0.39, 0.29) is 24.1 Å². The lowest BCUT2D eigenvalue weighted by Gasteiger charge is -2.11. The summed E-state index contributed by atoms with van der Waals surface area (Å²) in [5, 5.41) is 11.4. The van der Waals surface area contributed by atoms with Gasteiger partial charge in [0.05, 0.1) is 11.8 Å². The van der Waals surface area contributed by atoms with Crippen LogP contribution in [0, 0.1) is 5.82 Å². The van der Waals surface area contributed by atoms with Crippen molar-refractivity contribution >= 4 is 11.6 Å². The second kappa shape index (κ2) is 6.20. The van der Waals surface area contributed by atoms with Gasteiger partial charge in [0.15, 0.2) is 0 Å². The van der Waals surface area contributed by atoms with Crippen molar-refractivity contribution in [2.24, 2.45) is 0 Å². The van der Waals surface area contributed by atoms with Crippen LogP contribution in [0.3, 0.4) is 0 Å². The molecule has 0 fully saturated rings. The van der Waals surface area contributed by atoms with Crippen molar-refractivity contribution in [3.8, 4) is 5.75 Å². The molecule has 17 heavy (non-hydrogen) atoms. The summed E-state index contributed by atoms with van der Waals surface area (Å²) in [6.07, 6.45) is 0.798. The maximum Gasteiger partial charge on any atom is 0.250 e. The fourth-order valence-electron chi connectivity index (χ4n) is 1.13. The zero-order valence-electron chi connectivity index (χ0n) is 9.87. The summed E-state index contributed by atoms with van der Waals surface area (Å²) < 4.78 is 18.5. The van der Waals surface area contributed by atoms with E-state index in [4.69, 9.17) is 9.84 Å². The average molecular weight is 241 g/mol. The van der Waals surface area contributed by atoms with Gasteiger partial charge in [-0.2, -0.15) is 0 Å². The van der Waals surface area contributed by atoms with Gasteiger partial charge in [-0.15, -0.1) is 0 Å². The van der Waals surface area contributed by atoms with Gasteiger partial charge in [0.25, 0.3) is 0 Å². The summed E-state index contributed by atoms with van der Waals surface area (Å²) in [7, 11) is 0. The third kappa shape index (κ3) is 4.40.